The van der Waals surface area contributed by atoms with E-state index in [0.29, 0.717) is 0 Å². The topological polar surface area (TPSA) is 40.5 Å². The lowest BCUT2D eigenvalue weighted by atomic mass is 10.3. The minimum absolute atomic E-state index is 0.781. The molecule has 0 aliphatic carbocycles. The molecule has 1 aliphatic heterocycles. The highest BCUT2D eigenvalue weighted by atomic mass is 32.2. The third-order valence-corrected chi connectivity index (χ3v) is 1.84. The molecule has 42 valence electrons. The Morgan fingerprint density at radius 3 is 2.14 bits per heavy atom. The monoisotopic (exact) mass is 121 g/mol. The maximum Gasteiger partial charge on any atom is 0.234 e. The molecule has 0 saturated carbocycles. The second-order valence-corrected chi connectivity index (χ2v) is 2.49. The lowest BCUT2D eigenvalue weighted by Gasteiger charge is -2.25. The number of rotatable bonds is 1. The largest absolute Gasteiger partial charge is 0.294 e. The van der Waals surface area contributed by atoms with E-state index in [4.69, 9.17) is 4.55 Å². The van der Waals surface area contributed by atoms with Crippen LogP contribution in [-0.2, 0) is 11.3 Å². The second-order valence-electron chi connectivity index (χ2n) is 1.51. The zero-order valence-corrected chi connectivity index (χ0v) is 4.65. The molecule has 1 aliphatic rings. The Balaban J connectivity index is 2.27. The van der Waals surface area contributed by atoms with E-state index < -0.39 is 11.3 Å². The van der Waals surface area contributed by atoms with Gasteiger partial charge in [0.2, 0.25) is 11.3 Å². The Hall–Kier alpha value is 0.0700. The van der Waals surface area contributed by atoms with Gasteiger partial charge in [0.25, 0.3) is 0 Å². The normalized spacial score (nSPS) is 26.4. The highest BCUT2D eigenvalue weighted by Crippen LogP contribution is 2.05. The summed E-state index contributed by atoms with van der Waals surface area (Å²) in [4.78, 5) is 0. The standard InChI is InChI=1S/C3H7NO2S/c5-7(6)4-2-1-3-4/h1-3H2,(H,5,6). The summed E-state index contributed by atoms with van der Waals surface area (Å²) in [6.45, 7) is 1.56. The van der Waals surface area contributed by atoms with Crippen molar-refractivity contribution in [2.75, 3.05) is 13.1 Å². The van der Waals surface area contributed by atoms with E-state index in [1.54, 1.807) is 0 Å². The van der Waals surface area contributed by atoms with Crippen molar-refractivity contribution in [3.8, 4) is 0 Å². The highest BCUT2D eigenvalue weighted by molar-refractivity contribution is 7.76. The van der Waals surface area contributed by atoms with Crippen LogP contribution in [-0.4, -0.2) is 26.2 Å². The Labute approximate surface area is 44.7 Å². The molecule has 1 rings (SSSR count). The van der Waals surface area contributed by atoms with Crippen LogP contribution in [0.4, 0.5) is 0 Å². The van der Waals surface area contributed by atoms with Gasteiger partial charge in [0.05, 0.1) is 0 Å². The van der Waals surface area contributed by atoms with Crippen molar-refractivity contribution in [2.45, 2.75) is 6.42 Å². The summed E-state index contributed by atoms with van der Waals surface area (Å²) in [6.07, 6.45) is 1.06. The van der Waals surface area contributed by atoms with Gasteiger partial charge in [-0.3, -0.25) is 4.55 Å². The van der Waals surface area contributed by atoms with E-state index >= 15 is 0 Å². The van der Waals surface area contributed by atoms with E-state index in [2.05, 4.69) is 0 Å². The van der Waals surface area contributed by atoms with Crippen molar-refractivity contribution in [2.24, 2.45) is 0 Å². The van der Waals surface area contributed by atoms with Gasteiger partial charge in [-0.15, -0.1) is 0 Å². The average molecular weight is 121 g/mol. The van der Waals surface area contributed by atoms with Gasteiger partial charge >= 0.3 is 0 Å². The predicted molar refractivity (Wildman–Crippen MR) is 27.0 cm³/mol. The van der Waals surface area contributed by atoms with Crippen LogP contribution in [0.2, 0.25) is 0 Å². The maximum atomic E-state index is 10.0. The number of hydrogen-bond acceptors (Lipinski definition) is 1. The SMILES string of the molecule is O=S(O)N1CCC1. The maximum absolute atomic E-state index is 10.0. The van der Waals surface area contributed by atoms with E-state index in [-0.39, 0.29) is 0 Å². The van der Waals surface area contributed by atoms with E-state index in [1.165, 1.54) is 4.31 Å². The molecular formula is C3H7NO2S. The fraction of sp³-hybridized carbons (Fsp3) is 1.00. The van der Waals surface area contributed by atoms with Crippen LogP contribution in [0.1, 0.15) is 6.42 Å². The molecule has 3 nitrogen and oxygen atoms in total. The van der Waals surface area contributed by atoms with Crippen LogP contribution in [0.5, 0.6) is 0 Å². The molecule has 1 atom stereocenters. The molecule has 1 fully saturated rings. The third-order valence-electron chi connectivity index (χ3n) is 1.04. The van der Waals surface area contributed by atoms with Gasteiger partial charge in [-0.25, -0.2) is 8.51 Å². The summed E-state index contributed by atoms with van der Waals surface area (Å²) < 4.78 is 19.8. The summed E-state index contributed by atoms with van der Waals surface area (Å²) in [5.74, 6) is 0. The number of hydrogen-bond donors (Lipinski definition) is 1. The van der Waals surface area contributed by atoms with Gasteiger partial charge < -0.3 is 0 Å². The first-order chi connectivity index (χ1) is 3.30. The predicted octanol–water partition coefficient (Wildman–Crippen LogP) is -0.171. The van der Waals surface area contributed by atoms with Crippen molar-refractivity contribution < 1.29 is 8.76 Å². The van der Waals surface area contributed by atoms with Gasteiger partial charge in [0.1, 0.15) is 0 Å². The smallest absolute Gasteiger partial charge is 0.234 e. The zero-order chi connectivity index (χ0) is 5.28. The fourth-order valence-corrected chi connectivity index (χ4v) is 1.01. The minimum Gasteiger partial charge on any atom is -0.294 e. The van der Waals surface area contributed by atoms with Gasteiger partial charge in [0, 0.05) is 13.1 Å². The van der Waals surface area contributed by atoms with Crippen LogP contribution >= 0.6 is 0 Å². The molecule has 0 aromatic carbocycles. The Bertz CT molecular complexity index is 90.9. The van der Waals surface area contributed by atoms with Crippen LogP contribution in [0, 0.1) is 0 Å². The third kappa shape index (κ3) is 0.992. The van der Waals surface area contributed by atoms with Gasteiger partial charge in [0.15, 0.2) is 0 Å². The Morgan fingerprint density at radius 2 is 2.14 bits per heavy atom. The molecule has 1 unspecified atom stereocenters. The first kappa shape index (κ1) is 5.21. The quantitative estimate of drug-likeness (QED) is 0.489. The fourth-order valence-electron chi connectivity index (χ4n) is 0.443. The molecule has 0 spiro atoms. The molecule has 1 heterocycles. The first-order valence-electron chi connectivity index (χ1n) is 2.16. The van der Waals surface area contributed by atoms with Gasteiger partial charge in [-0.2, -0.15) is 0 Å². The molecule has 7 heavy (non-hydrogen) atoms. The van der Waals surface area contributed by atoms with Crippen molar-refractivity contribution in [3.63, 3.8) is 0 Å². The molecule has 4 heteroatoms. The van der Waals surface area contributed by atoms with Crippen molar-refractivity contribution in [1.29, 1.82) is 0 Å². The van der Waals surface area contributed by atoms with Crippen molar-refractivity contribution in [3.05, 3.63) is 0 Å². The van der Waals surface area contributed by atoms with Crippen LogP contribution < -0.4 is 0 Å². The lowest BCUT2D eigenvalue weighted by molar-refractivity contribution is 0.302. The molecule has 0 bridgehead atoms. The first-order valence-corrected chi connectivity index (χ1v) is 3.23. The Kier molecular flexibility index (Phi) is 1.41. The van der Waals surface area contributed by atoms with Gasteiger partial charge in [-0.1, -0.05) is 0 Å². The van der Waals surface area contributed by atoms with Crippen LogP contribution in [0.3, 0.4) is 0 Å². The summed E-state index contributed by atoms with van der Waals surface area (Å²) in [6, 6.07) is 0. The summed E-state index contributed by atoms with van der Waals surface area (Å²) in [5, 5.41) is 0. The Morgan fingerprint density at radius 1 is 1.57 bits per heavy atom. The zero-order valence-electron chi connectivity index (χ0n) is 3.83. The molecule has 0 aromatic rings. The molecule has 0 amide bonds. The van der Waals surface area contributed by atoms with Crippen LogP contribution in [0.15, 0.2) is 0 Å². The summed E-state index contributed by atoms with van der Waals surface area (Å²) in [5.41, 5.74) is 0. The van der Waals surface area contributed by atoms with Gasteiger partial charge in [-0.05, 0) is 6.42 Å². The van der Waals surface area contributed by atoms with Crippen LogP contribution in [0.25, 0.3) is 0 Å². The second kappa shape index (κ2) is 1.90. The highest BCUT2D eigenvalue weighted by Gasteiger charge is 2.17. The van der Waals surface area contributed by atoms with Crippen molar-refractivity contribution in [1.82, 2.24) is 4.31 Å². The average Bonchev–Trinajstić information content (AvgIpc) is 1.23. The van der Waals surface area contributed by atoms with E-state index in [0.717, 1.165) is 19.5 Å². The lowest BCUT2D eigenvalue weighted by Crippen LogP contribution is -2.37. The summed E-state index contributed by atoms with van der Waals surface area (Å²) >= 11 is -1.69. The molecule has 1 N–H and O–H groups in total. The molecule has 0 radical (unpaired) electrons. The molecule has 0 aromatic heterocycles. The van der Waals surface area contributed by atoms with Crippen molar-refractivity contribution >= 4 is 11.3 Å². The summed E-state index contributed by atoms with van der Waals surface area (Å²) in [7, 11) is 0. The number of nitrogens with zero attached hydrogens (tertiary/aromatic N) is 1. The van der Waals surface area contributed by atoms with E-state index in [1.807, 2.05) is 0 Å². The minimum atomic E-state index is -1.69. The molecular weight excluding hydrogens is 114 g/mol. The molecule has 1 saturated heterocycles. The van der Waals surface area contributed by atoms with E-state index in [9.17, 15) is 4.21 Å².